The van der Waals surface area contributed by atoms with Crippen molar-refractivity contribution in [2.45, 2.75) is 19.3 Å². The number of hydrogen-bond donors (Lipinski definition) is 1. The predicted octanol–water partition coefficient (Wildman–Crippen LogP) is 3.51. The molecule has 0 saturated heterocycles. The van der Waals surface area contributed by atoms with Crippen molar-refractivity contribution in [2.75, 3.05) is 5.73 Å². The van der Waals surface area contributed by atoms with Gasteiger partial charge in [0.05, 0.1) is 16.1 Å². The molecule has 0 amide bonds. The molecule has 2 N–H and O–H groups in total. The highest BCUT2D eigenvalue weighted by molar-refractivity contribution is 7.16. The molecule has 20 heavy (non-hydrogen) atoms. The lowest BCUT2D eigenvalue weighted by Crippen LogP contribution is -1.96. The summed E-state index contributed by atoms with van der Waals surface area (Å²) < 4.78 is 15.8. The third-order valence-corrected chi connectivity index (χ3v) is 5.16. The van der Waals surface area contributed by atoms with Crippen LogP contribution in [0.4, 0.5) is 9.39 Å². The first-order valence-electron chi connectivity index (χ1n) is 6.68. The second-order valence-corrected chi connectivity index (χ2v) is 6.34. The number of aromatic nitrogens is 2. The van der Waals surface area contributed by atoms with Gasteiger partial charge in [-0.15, -0.1) is 11.3 Å². The topological polar surface area (TPSA) is 43.8 Å². The molecule has 3 aromatic rings. The standard InChI is InChI=1S/C15H14FN3S/c1-19-10-6-3-5-9(16)13(10)18-15(19)12-8-4-2-7-11(8)20-14(12)17/h3,5-6H,2,4,7,17H2,1H3. The van der Waals surface area contributed by atoms with Gasteiger partial charge in [0.25, 0.3) is 0 Å². The average Bonchev–Trinajstić information content (AvgIpc) is 3.05. The summed E-state index contributed by atoms with van der Waals surface area (Å²) in [5.74, 6) is 0.497. The van der Waals surface area contributed by atoms with E-state index in [9.17, 15) is 4.39 Å². The summed E-state index contributed by atoms with van der Waals surface area (Å²) in [4.78, 5) is 5.87. The van der Waals surface area contributed by atoms with Gasteiger partial charge < -0.3 is 10.3 Å². The van der Waals surface area contributed by atoms with E-state index in [2.05, 4.69) is 4.98 Å². The van der Waals surface area contributed by atoms with Gasteiger partial charge in [0, 0.05) is 11.9 Å². The van der Waals surface area contributed by atoms with Gasteiger partial charge in [0.2, 0.25) is 0 Å². The molecule has 0 bridgehead atoms. The Morgan fingerprint density at radius 3 is 3.00 bits per heavy atom. The maximum absolute atomic E-state index is 13.9. The molecule has 0 unspecified atom stereocenters. The van der Waals surface area contributed by atoms with Gasteiger partial charge in [0.15, 0.2) is 5.82 Å². The van der Waals surface area contributed by atoms with E-state index < -0.39 is 0 Å². The molecule has 1 aliphatic carbocycles. The average molecular weight is 287 g/mol. The molecule has 5 heteroatoms. The Morgan fingerprint density at radius 1 is 1.35 bits per heavy atom. The number of hydrogen-bond acceptors (Lipinski definition) is 3. The largest absolute Gasteiger partial charge is 0.390 e. The second kappa shape index (κ2) is 4.06. The highest BCUT2D eigenvalue weighted by Crippen LogP contribution is 2.43. The Hall–Kier alpha value is -1.88. The van der Waals surface area contributed by atoms with E-state index in [4.69, 9.17) is 5.73 Å². The highest BCUT2D eigenvalue weighted by Gasteiger charge is 2.25. The van der Waals surface area contributed by atoms with E-state index in [0.717, 1.165) is 34.7 Å². The number of rotatable bonds is 1. The van der Waals surface area contributed by atoms with Gasteiger partial charge in [-0.2, -0.15) is 0 Å². The molecule has 0 saturated carbocycles. The first kappa shape index (κ1) is 11.9. The fraction of sp³-hybridized carbons (Fsp3) is 0.267. The molecular formula is C15H14FN3S. The van der Waals surface area contributed by atoms with Crippen molar-refractivity contribution in [3.63, 3.8) is 0 Å². The lowest BCUT2D eigenvalue weighted by Gasteiger charge is -2.04. The minimum absolute atomic E-state index is 0.283. The van der Waals surface area contributed by atoms with E-state index in [0.29, 0.717) is 5.52 Å². The Morgan fingerprint density at radius 2 is 2.20 bits per heavy atom. The maximum atomic E-state index is 13.9. The van der Waals surface area contributed by atoms with Crippen LogP contribution in [0.25, 0.3) is 22.4 Å². The summed E-state index contributed by atoms with van der Waals surface area (Å²) in [6.07, 6.45) is 3.32. The molecule has 0 spiro atoms. The van der Waals surface area contributed by atoms with Gasteiger partial charge in [-0.3, -0.25) is 0 Å². The Balaban J connectivity index is 2.04. The van der Waals surface area contributed by atoms with Crippen LogP contribution >= 0.6 is 11.3 Å². The van der Waals surface area contributed by atoms with Crippen LogP contribution < -0.4 is 5.73 Å². The summed E-state index contributed by atoms with van der Waals surface area (Å²) in [6, 6.07) is 5.04. The second-order valence-electron chi connectivity index (χ2n) is 5.20. The van der Waals surface area contributed by atoms with Crippen LogP contribution in [0, 0.1) is 5.82 Å². The number of aryl methyl sites for hydroxylation is 2. The van der Waals surface area contributed by atoms with Crippen molar-refractivity contribution in [3.8, 4) is 11.4 Å². The minimum atomic E-state index is -0.283. The van der Waals surface area contributed by atoms with E-state index in [1.165, 1.54) is 22.9 Å². The summed E-state index contributed by atoms with van der Waals surface area (Å²) in [5.41, 5.74) is 9.73. The molecule has 1 aromatic carbocycles. The Bertz CT molecular complexity index is 831. The fourth-order valence-corrected chi connectivity index (χ4v) is 4.23. The van der Waals surface area contributed by atoms with Crippen molar-refractivity contribution in [1.82, 2.24) is 9.55 Å². The monoisotopic (exact) mass is 287 g/mol. The molecular weight excluding hydrogens is 273 g/mol. The number of para-hydroxylation sites is 1. The van der Waals surface area contributed by atoms with Crippen LogP contribution in [-0.2, 0) is 19.9 Å². The number of imidazole rings is 1. The number of nitrogens with zero attached hydrogens (tertiary/aromatic N) is 2. The lowest BCUT2D eigenvalue weighted by molar-refractivity contribution is 0.637. The molecule has 0 radical (unpaired) electrons. The zero-order valence-electron chi connectivity index (χ0n) is 11.1. The van der Waals surface area contributed by atoms with Crippen molar-refractivity contribution in [2.24, 2.45) is 7.05 Å². The van der Waals surface area contributed by atoms with E-state index in [1.54, 1.807) is 17.4 Å². The summed E-state index contributed by atoms with van der Waals surface area (Å²) in [5, 5.41) is 0.800. The summed E-state index contributed by atoms with van der Waals surface area (Å²) >= 11 is 1.65. The van der Waals surface area contributed by atoms with Gasteiger partial charge >= 0.3 is 0 Å². The number of thiophene rings is 1. The lowest BCUT2D eigenvalue weighted by atomic mass is 10.1. The van der Waals surface area contributed by atoms with E-state index in [1.807, 2.05) is 17.7 Å². The van der Waals surface area contributed by atoms with Crippen LogP contribution in [0.15, 0.2) is 18.2 Å². The van der Waals surface area contributed by atoms with E-state index >= 15 is 0 Å². The Labute approximate surface area is 119 Å². The SMILES string of the molecule is Cn1c(-c2c(N)sc3c2CCC3)nc2c(F)cccc21. The molecule has 2 heterocycles. The molecule has 0 atom stereocenters. The molecule has 102 valence electrons. The molecule has 0 aliphatic heterocycles. The van der Waals surface area contributed by atoms with Crippen molar-refractivity contribution in [3.05, 3.63) is 34.5 Å². The van der Waals surface area contributed by atoms with Crippen molar-refractivity contribution >= 4 is 27.4 Å². The molecule has 4 rings (SSSR count). The first-order valence-corrected chi connectivity index (χ1v) is 7.50. The van der Waals surface area contributed by atoms with Crippen molar-refractivity contribution < 1.29 is 4.39 Å². The third kappa shape index (κ3) is 1.47. The quantitative estimate of drug-likeness (QED) is 0.744. The van der Waals surface area contributed by atoms with Crippen LogP contribution in [0.1, 0.15) is 16.9 Å². The zero-order valence-corrected chi connectivity index (χ0v) is 11.9. The molecule has 3 nitrogen and oxygen atoms in total. The summed E-state index contributed by atoms with van der Waals surface area (Å²) in [7, 11) is 1.92. The van der Waals surface area contributed by atoms with Crippen LogP contribution in [-0.4, -0.2) is 9.55 Å². The number of fused-ring (bicyclic) bond motifs is 2. The zero-order chi connectivity index (χ0) is 13.9. The number of nitrogens with two attached hydrogens (primary N) is 1. The predicted molar refractivity (Wildman–Crippen MR) is 80.4 cm³/mol. The number of benzene rings is 1. The third-order valence-electron chi connectivity index (χ3n) is 4.03. The molecule has 2 aromatic heterocycles. The van der Waals surface area contributed by atoms with Crippen LogP contribution in [0.2, 0.25) is 0 Å². The molecule has 0 fully saturated rings. The van der Waals surface area contributed by atoms with Gasteiger partial charge in [-0.1, -0.05) is 6.07 Å². The maximum Gasteiger partial charge on any atom is 0.151 e. The van der Waals surface area contributed by atoms with Gasteiger partial charge in [-0.25, -0.2) is 9.37 Å². The van der Waals surface area contributed by atoms with Gasteiger partial charge in [-0.05, 0) is 37.0 Å². The normalized spacial score (nSPS) is 14.1. The van der Waals surface area contributed by atoms with Crippen LogP contribution in [0.3, 0.4) is 0 Å². The Kier molecular flexibility index (Phi) is 2.41. The van der Waals surface area contributed by atoms with E-state index in [-0.39, 0.29) is 5.82 Å². The molecule has 1 aliphatic rings. The van der Waals surface area contributed by atoms with Gasteiger partial charge in [0.1, 0.15) is 11.3 Å². The highest BCUT2D eigenvalue weighted by atomic mass is 32.1. The summed E-state index contributed by atoms with van der Waals surface area (Å²) in [6.45, 7) is 0. The smallest absolute Gasteiger partial charge is 0.151 e. The first-order chi connectivity index (χ1) is 9.66. The number of nitrogen functional groups attached to an aromatic ring is 1. The number of anilines is 1. The minimum Gasteiger partial charge on any atom is -0.390 e. The number of halogens is 1. The fourth-order valence-electron chi connectivity index (χ4n) is 3.07. The van der Waals surface area contributed by atoms with Crippen LogP contribution in [0.5, 0.6) is 0 Å². The van der Waals surface area contributed by atoms with Crippen molar-refractivity contribution in [1.29, 1.82) is 0 Å².